The normalized spacial score (nSPS) is 10.4. The predicted octanol–water partition coefficient (Wildman–Crippen LogP) is 5.16. The standard InChI is InChI=1S/C14H13BrCl2N2O/c1-2-18-9-3-4-19-10(5-9)8-20-14-7-12(16)11(15)6-13(14)17/h3-7H,2,8H2,1H3,(H,18,19). The van der Waals surface area contributed by atoms with Crippen LogP contribution in [0.25, 0.3) is 0 Å². The van der Waals surface area contributed by atoms with Gasteiger partial charge in [0.15, 0.2) is 0 Å². The van der Waals surface area contributed by atoms with Crippen LogP contribution in [0.5, 0.6) is 5.75 Å². The molecule has 0 saturated carbocycles. The lowest BCUT2D eigenvalue weighted by Gasteiger charge is -2.10. The highest BCUT2D eigenvalue weighted by molar-refractivity contribution is 9.10. The molecule has 0 aliphatic carbocycles. The van der Waals surface area contributed by atoms with E-state index < -0.39 is 0 Å². The van der Waals surface area contributed by atoms with Gasteiger partial charge in [0.05, 0.1) is 15.7 Å². The van der Waals surface area contributed by atoms with Crippen molar-refractivity contribution in [3.63, 3.8) is 0 Å². The van der Waals surface area contributed by atoms with Crippen LogP contribution < -0.4 is 10.1 Å². The number of ether oxygens (including phenoxy) is 1. The molecule has 0 radical (unpaired) electrons. The summed E-state index contributed by atoms with van der Waals surface area (Å²) in [6.07, 6.45) is 1.74. The zero-order chi connectivity index (χ0) is 14.5. The Morgan fingerprint density at radius 3 is 2.80 bits per heavy atom. The molecule has 3 nitrogen and oxygen atoms in total. The summed E-state index contributed by atoms with van der Waals surface area (Å²) < 4.78 is 6.40. The third-order valence-electron chi connectivity index (χ3n) is 2.55. The van der Waals surface area contributed by atoms with Gasteiger partial charge >= 0.3 is 0 Å². The molecule has 6 heteroatoms. The minimum absolute atomic E-state index is 0.330. The summed E-state index contributed by atoms with van der Waals surface area (Å²) >= 11 is 15.4. The van der Waals surface area contributed by atoms with E-state index in [1.54, 1.807) is 18.3 Å². The molecule has 0 fully saturated rings. The highest BCUT2D eigenvalue weighted by Crippen LogP contribution is 2.34. The molecular weight excluding hydrogens is 363 g/mol. The average Bonchev–Trinajstić information content (AvgIpc) is 2.42. The summed E-state index contributed by atoms with van der Waals surface area (Å²) in [5.41, 5.74) is 1.83. The second kappa shape index (κ2) is 7.16. The minimum atomic E-state index is 0.330. The number of halogens is 3. The first kappa shape index (κ1) is 15.4. The molecule has 0 bridgehead atoms. The van der Waals surface area contributed by atoms with Crippen LogP contribution in [-0.2, 0) is 6.61 Å². The summed E-state index contributed by atoms with van der Waals surface area (Å²) in [5.74, 6) is 0.538. The summed E-state index contributed by atoms with van der Waals surface area (Å²) in [5, 5.41) is 4.28. The highest BCUT2D eigenvalue weighted by Gasteiger charge is 2.07. The fourth-order valence-electron chi connectivity index (χ4n) is 1.64. The number of hydrogen-bond acceptors (Lipinski definition) is 3. The molecule has 1 heterocycles. The summed E-state index contributed by atoms with van der Waals surface area (Å²) in [6.45, 7) is 3.23. The van der Waals surface area contributed by atoms with E-state index in [-0.39, 0.29) is 0 Å². The molecule has 1 aromatic carbocycles. The monoisotopic (exact) mass is 374 g/mol. The first-order valence-corrected chi connectivity index (χ1v) is 7.61. The highest BCUT2D eigenvalue weighted by atomic mass is 79.9. The molecule has 0 atom stereocenters. The third kappa shape index (κ3) is 4.01. The van der Waals surface area contributed by atoms with Gasteiger partial charge in [0, 0.05) is 29.0 Å². The molecule has 2 rings (SSSR count). The second-order valence-corrected chi connectivity index (χ2v) is 5.72. The van der Waals surface area contributed by atoms with Crippen LogP contribution in [0.3, 0.4) is 0 Å². The van der Waals surface area contributed by atoms with Crippen molar-refractivity contribution in [1.29, 1.82) is 0 Å². The van der Waals surface area contributed by atoms with Crippen LogP contribution in [0.1, 0.15) is 12.6 Å². The number of nitrogens with zero attached hydrogens (tertiary/aromatic N) is 1. The van der Waals surface area contributed by atoms with E-state index >= 15 is 0 Å². The van der Waals surface area contributed by atoms with Gasteiger partial charge in [-0.2, -0.15) is 0 Å². The van der Waals surface area contributed by atoms with Crippen LogP contribution in [0, 0.1) is 0 Å². The Labute approximate surface area is 136 Å². The third-order valence-corrected chi connectivity index (χ3v) is 4.04. The average molecular weight is 376 g/mol. The Balaban J connectivity index is 2.08. The lowest BCUT2D eigenvalue weighted by molar-refractivity contribution is 0.301. The SMILES string of the molecule is CCNc1ccnc(COc2cc(Cl)c(Br)cc2Cl)c1. The van der Waals surface area contributed by atoms with Crippen molar-refractivity contribution in [3.8, 4) is 5.75 Å². The van der Waals surface area contributed by atoms with Gasteiger partial charge in [0.2, 0.25) is 0 Å². The van der Waals surface area contributed by atoms with Gasteiger partial charge in [-0.05, 0) is 41.1 Å². The molecule has 0 aliphatic rings. The maximum Gasteiger partial charge on any atom is 0.140 e. The van der Waals surface area contributed by atoms with Crippen molar-refractivity contribution >= 4 is 44.8 Å². The number of rotatable bonds is 5. The van der Waals surface area contributed by atoms with Crippen LogP contribution in [0.2, 0.25) is 10.0 Å². The Bertz CT molecular complexity index is 608. The van der Waals surface area contributed by atoms with Crippen molar-refractivity contribution < 1.29 is 4.74 Å². The van der Waals surface area contributed by atoms with E-state index in [2.05, 4.69) is 26.2 Å². The molecule has 0 unspecified atom stereocenters. The van der Waals surface area contributed by atoms with E-state index in [0.29, 0.717) is 22.4 Å². The Hall–Kier alpha value is -0.970. The van der Waals surface area contributed by atoms with Gasteiger partial charge in [0.1, 0.15) is 12.4 Å². The van der Waals surface area contributed by atoms with Gasteiger partial charge < -0.3 is 10.1 Å². The van der Waals surface area contributed by atoms with Crippen LogP contribution in [0.15, 0.2) is 34.9 Å². The number of benzene rings is 1. The maximum atomic E-state index is 6.10. The largest absolute Gasteiger partial charge is 0.486 e. The lowest BCUT2D eigenvalue weighted by atomic mass is 10.3. The van der Waals surface area contributed by atoms with Crippen LogP contribution in [-0.4, -0.2) is 11.5 Å². The van der Waals surface area contributed by atoms with E-state index in [9.17, 15) is 0 Å². The molecule has 0 aliphatic heterocycles. The quantitative estimate of drug-likeness (QED) is 0.732. The van der Waals surface area contributed by atoms with Crippen molar-refractivity contribution in [2.75, 3.05) is 11.9 Å². The van der Waals surface area contributed by atoms with Crippen LogP contribution in [0.4, 0.5) is 5.69 Å². The Morgan fingerprint density at radius 1 is 1.25 bits per heavy atom. The molecule has 0 amide bonds. The van der Waals surface area contributed by atoms with Crippen molar-refractivity contribution in [3.05, 3.63) is 50.7 Å². The zero-order valence-corrected chi connectivity index (χ0v) is 13.9. The smallest absolute Gasteiger partial charge is 0.140 e. The molecule has 1 aromatic heterocycles. The van der Waals surface area contributed by atoms with E-state index in [4.69, 9.17) is 27.9 Å². The van der Waals surface area contributed by atoms with Gasteiger partial charge in [-0.3, -0.25) is 4.98 Å². The van der Waals surface area contributed by atoms with Gasteiger partial charge in [-0.15, -0.1) is 0 Å². The molecule has 2 aromatic rings. The lowest BCUT2D eigenvalue weighted by Crippen LogP contribution is -2.02. The summed E-state index contributed by atoms with van der Waals surface area (Å²) in [6, 6.07) is 7.25. The number of nitrogens with one attached hydrogen (secondary N) is 1. The molecule has 0 spiro atoms. The number of aromatic nitrogens is 1. The number of pyridine rings is 1. The number of hydrogen-bond donors (Lipinski definition) is 1. The minimum Gasteiger partial charge on any atom is -0.486 e. The first-order chi connectivity index (χ1) is 9.60. The molecule has 20 heavy (non-hydrogen) atoms. The fourth-order valence-corrected chi connectivity index (χ4v) is 2.48. The van der Waals surface area contributed by atoms with E-state index in [0.717, 1.165) is 22.4 Å². The van der Waals surface area contributed by atoms with E-state index in [1.807, 2.05) is 19.1 Å². The second-order valence-electron chi connectivity index (χ2n) is 4.05. The van der Waals surface area contributed by atoms with Crippen molar-refractivity contribution in [2.24, 2.45) is 0 Å². The predicted molar refractivity (Wildman–Crippen MR) is 86.9 cm³/mol. The number of anilines is 1. The molecule has 0 saturated heterocycles. The molecular formula is C14H13BrCl2N2O. The molecule has 106 valence electrons. The van der Waals surface area contributed by atoms with Crippen LogP contribution >= 0.6 is 39.1 Å². The topological polar surface area (TPSA) is 34.2 Å². The fraction of sp³-hybridized carbons (Fsp3) is 0.214. The first-order valence-electron chi connectivity index (χ1n) is 6.06. The van der Waals surface area contributed by atoms with Crippen molar-refractivity contribution in [2.45, 2.75) is 13.5 Å². The van der Waals surface area contributed by atoms with Crippen molar-refractivity contribution in [1.82, 2.24) is 4.98 Å². The summed E-state index contributed by atoms with van der Waals surface area (Å²) in [4.78, 5) is 4.26. The zero-order valence-electron chi connectivity index (χ0n) is 10.8. The molecule has 1 N–H and O–H groups in total. The Morgan fingerprint density at radius 2 is 2.05 bits per heavy atom. The van der Waals surface area contributed by atoms with Gasteiger partial charge in [-0.1, -0.05) is 23.2 Å². The van der Waals surface area contributed by atoms with Gasteiger partial charge in [-0.25, -0.2) is 0 Å². The maximum absolute atomic E-state index is 6.10. The van der Waals surface area contributed by atoms with E-state index in [1.165, 1.54) is 0 Å². The Kier molecular flexibility index (Phi) is 5.52. The van der Waals surface area contributed by atoms with Gasteiger partial charge in [0.25, 0.3) is 0 Å². The summed E-state index contributed by atoms with van der Waals surface area (Å²) in [7, 11) is 0.